The van der Waals surface area contributed by atoms with E-state index in [2.05, 4.69) is 26.2 Å². The van der Waals surface area contributed by atoms with Gasteiger partial charge in [-0.15, -0.1) is 0 Å². The van der Waals surface area contributed by atoms with E-state index in [9.17, 15) is 4.79 Å². The normalized spacial score (nSPS) is 10.7. The first kappa shape index (κ1) is 14.7. The van der Waals surface area contributed by atoms with Crippen LogP contribution in [0, 0.1) is 6.92 Å². The Kier molecular flexibility index (Phi) is 3.90. The highest BCUT2D eigenvalue weighted by Crippen LogP contribution is 2.26. The van der Waals surface area contributed by atoms with Gasteiger partial charge in [0, 0.05) is 27.1 Å². The average Bonchev–Trinajstić information content (AvgIpc) is 2.84. The molecule has 2 aromatic carbocycles. The summed E-state index contributed by atoms with van der Waals surface area (Å²) in [5, 5.41) is 3.91. The summed E-state index contributed by atoms with van der Waals surface area (Å²) in [6, 6.07) is 13.2. The Bertz CT molecular complexity index is 855. The van der Waals surface area contributed by atoms with Crippen LogP contribution >= 0.6 is 15.9 Å². The number of anilines is 1. The molecule has 0 aliphatic carbocycles. The Labute approximate surface area is 136 Å². The summed E-state index contributed by atoms with van der Waals surface area (Å²) in [6.07, 6.45) is 0. The molecule has 112 valence electrons. The third kappa shape index (κ3) is 2.72. The lowest BCUT2D eigenvalue weighted by molar-refractivity contribution is 0.102. The van der Waals surface area contributed by atoms with Crippen molar-refractivity contribution in [3.05, 3.63) is 58.2 Å². The molecule has 1 heterocycles. The Hall–Kier alpha value is -2.27. The SMILES string of the molecule is COc1ccc2c(C)c(C(=O)Nc3cccc(Br)c3)[nH]c2c1. The molecule has 0 unspecified atom stereocenters. The third-order valence-electron chi connectivity index (χ3n) is 3.57. The lowest BCUT2D eigenvalue weighted by atomic mass is 10.1. The molecule has 0 atom stereocenters. The monoisotopic (exact) mass is 358 g/mol. The topological polar surface area (TPSA) is 54.1 Å². The van der Waals surface area contributed by atoms with Crippen molar-refractivity contribution in [1.29, 1.82) is 0 Å². The molecule has 0 saturated carbocycles. The van der Waals surface area contributed by atoms with Crippen molar-refractivity contribution in [2.75, 3.05) is 12.4 Å². The number of carbonyl (C=O) groups is 1. The molecule has 0 radical (unpaired) electrons. The van der Waals surface area contributed by atoms with Crippen molar-refractivity contribution < 1.29 is 9.53 Å². The quantitative estimate of drug-likeness (QED) is 0.724. The smallest absolute Gasteiger partial charge is 0.272 e. The van der Waals surface area contributed by atoms with Crippen LogP contribution in [0.15, 0.2) is 46.9 Å². The first-order valence-electron chi connectivity index (χ1n) is 6.81. The number of H-pyrrole nitrogens is 1. The van der Waals surface area contributed by atoms with Crippen LogP contribution in [0.4, 0.5) is 5.69 Å². The number of halogens is 1. The number of ether oxygens (including phenoxy) is 1. The van der Waals surface area contributed by atoms with E-state index in [1.807, 2.05) is 49.4 Å². The second kappa shape index (κ2) is 5.85. The number of carbonyl (C=O) groups excluding carboxylic acids is 1. The first-order chi connectivity index (χ1) is 10.6. The Morgan fingerprint density at radius 2 is 2.05 bits per heavy atom. The fraction of sp³-hybridized carbons (Fsp3) is 0.118. The van der Waals surface area contributed by atoms with Crippen LogP contribution in [0.25, 0.3) is 10.9 Å². The fourth-order valence-corrected chi connectivity index (χ4v) is 2.83. The van der Waals surface area contributed by atoms with Gasteiger partial charge in [-0.2, -0.15) is 0 Å². The summed E-state index contributed by atoms with van der Waals surface area (Å²) in [6.45, 7) is 1.93. The number of aromatic amines is 1. The first-order valence-corrected chi connectivity index (χ1v) is 7.61. The molecule has 0 saturated heterocycles. The third-order valence-corrected chi connectivity index (χ3v) is 4.07. The van der Waals surface area contributed by atoms with E-state index in [1.165, 1.54) is 0 Å². The average molecular weight is 359 g/mol. The minimum atomic E-state index is -0.161. The van der Waals surface area contributed by atoms with Gasteiger partial charge in [-0.1, -0.05) is 22.0 Å². The van der Waals surface area contributed by atoms with Gasteiger partial charge in [0.2, 0.25) is 0 Å². The standard InChI is InChI=1S/C17H15BrN2O2/c1-10-14-7-6-13(22-2)9-15(14)20-16(10)17(21)19-12-5-3-4-11(18)8-12/h3-9,20H,1-2H3,(H,19,21). The molecular weight excluding hydrogens is 344 g/mol. The summed E-state index contributed by atoms with van der Waals surface area (Å²) < 4.78 is 6.13. The predicted molar refractivity (Wildman–Crippen MR) is 91.7 cm³/mol. The molecule has 1 amide bonds. The number of nitrogens with one attached hydrogen (secondary N) is 2. The van der Waals surface area contributed by atoms with Crippen molar-refractivity contribution in [2.45, 2.75) is 6.92 Å². The van der Waals surface area contributed by atoms with Crippen LogP contribution in [0.5, 0.6) is 5.75 Å². The van der Waals surface area contributed by atoms with Crippen molar-refractivity contribution in [3.8, 4) is 5.75 Å². The maximum absolute atomic E-state index is 12.5. The predicted octanol–water partition coefficient (Wildman–Crippen LogP) is 4.50. The van der Waals surface area contributed by atoms with Gasteiger partial charge >= 0.3 is 0 Å². The minimum absolute atomic E-state index is 0.161. The van der Waals surface area contributed by atoms with Gasteiger partial charge in [-0.3, -0.25) is 4.79 Å². The molecule has 1 aromatic heterocycles. The molecular formula is C17H15BrN2O2. The van der Waals surface area contributed by atoms with Gasteiger partial charge in [-0.25, -0.2) is 0 Å². The van der Waals surface area contributed by atoms with Crippen molar-refractivity contribution in [2.24, 2.45) is 0 Å². The van der Waals surface area contributed by atoms with Crippen LogP contribution < -0.4 is 10.1 Å². The summed E-state index contributed by atoms with van der Waals surface area (Å²) in [5.41, 5.74) is 3.11. The van der Waals surface area contributed by atoms with Gasteiger partial charge in [-0.05, 0) is 42.8 Å². The maximum atomic E-state index is 12.5. The molecule has 3 rings (SSSR count). The number of amides is 1. The molecule has 0 spiro atoms. The van der Waals surface area contributed by atoms with Crippen molar-refractivity contribution in [1.82, 2.24) is 4.98 Å². The number of hydrogen-bond acceptors (Lipinski definition) is 2. The van der Waals surface area contributed by atoms with E-state index in [1.54, 1.807) is 7.11 Å². The highest BCUT2D eigenvalue weighted by Gasteiger charge is 2.15. The van der Waals surface area contributed by atoms with E-state index in [0.29, 0.717) is 5.69 Å². The molecule has 5 heteroatoms. The number of rotatable bonds is 3. The number of methoxy groups -OCH3 is 1. The molecule has 0 bridgehead atoms. The lowest BCUT2D eigenvalue weighted by Gasteiger charge is -2.05. The van der Waals surface area contributed by atoms with Gasteiger partial charge in [0.15, 0.2) is 0 Å². The molecule has 4 nitrogen and oxygen atoms in total. The fourth-order valence-electron chi connectivity index (χ4n) is 2.43. The van der Waals surface area contributed by atoms with Crippen LogP contribution in [-0.4, -0.2) is 18.0 Å². The van der Waals surface area contributed by atoms with Crippen molar-refractivity contribution >= 4 is 38.4 Å². The van der Waals surface area contributed by atoms with E-state index >= 15 is 0 Å². The summed E-state index contributed by atoms with van der Waals surface area (Å²) >= 11 is 3.39. The second-order valence-corrected chi connectivity index (χ2v) is 5.92. The van der Waals surface area contributed by atoms with E-state index < -0.39 is 0 Å². The zero-order valence-electron chi connectivity index (χ0n) is 12.2. The van der Waals surface area contributed by atoms with Crippen molar-refractivity contribution in [3.63, 3.8) is 0 Å². The highest BCUT2D eigenvalue weighted by atomic mass is 79.9. The van der Waals surface area contributed by atoms with Crippen LogP contribution in [0.3, 0.4) is 0 Å². The van der Waals surface area contributed by atoms with Crippen LogP contribution in [0.1, 0.15) is 16.1 Å². The number of aromatic nitrogens is 1. The number of hydrogen-bond donors (Lipinski definition) is 2. The summed E-state index contributed by atoms with van der Waals surface area (Å²) in [4.78, 5) is 15.7. The van der Waals surface area contributed by atoms with Gasteiger partial charge in [0.1, 0.15) is 11.4 Å². The lowest BCUT2D eigenvalue weighted by Crippen LogP contribution is -2.13. The largest absolute Gasteiger partial charge is 0.497 e. The molecule has 2 N–H and O–H groups in total. The minimum Gasteiger partial charge on any atom is -0.497 e. The number of aryl methyl sites for hydroxylation is 1. The Morgan fingerprint density at radius 3 is 2.77 bits per heavy atom. The molecule has 3 aromatic rings. The maximum Gasteiger partial charge on any atom is 0.272 e. The van der Waals surface area contributed by atoms with E-state index in [0.717, 1.165) is 32.4 Å². The zero-order valence-corrected chi connectivity index (χ0v) is 13.8. The second-order valence-electron chi connectivity index (χ2n) is 5.00. The Balaban J connectivity index is 1.95. The van der Waals surface area contributed by atoms with E-state index in [4.69, 9.17) is 4.74 Å². The van der Waals surface area contributed by atoms with Gasteiger partial charge in [0.25, 0.3) is 5.91 Å². The highest BCUT2D eigenvalue weighted by molar-refractivity contribution is 9.10. The Morgan fingerprint density at radius 1 is 1.23 bits per heavy atom. The molecule has 0 aliphatic rings. The summed E-state index contributed by atoms with van der Waals surface area (Å²) in [5.74, 6) is 0.596. The van der Waals surface area contributed by atoms with E-state index in [-0.39, 0.29) is 5.91 Å². The molecule has 0 fully saturated rings. The van der Waals surface area contributed by atoms with Gasteiger partial charge in [0.05, 0.1) is 7.11 Å². The molecule has 22 heavy (non-hydrogen) atoms. The molecule has 0 aliphatic heterocycles. The number of benzene rings is 2. The van der Waals surface area contributed by atoms with Crippen LogP contribution in [-0.2, 0) is 0 Å². The summed E-state index contributed by atoms with van der Waals surface area (Å²) in [7, 11) is 1.62. The van der Waals surface area contributed by atoms with Gasteiger partial charge < -0.3 is 15.0 Å². The number of fused-ring (bicyclic) bond motifs is 1. The zero-order chi connectivity index (χ0) is 15.7. The van der Waals surface area contributed by atoms with Crippen LogP contribution in [0.2, 0.25) is 0 Å².